The summed E-state index contributed by atoms with van der Waals surface area (Å²) in [5.41, 5.74) is 0.769. The lowest BCUT2D eigenvalue weighted by molar-refractivity contribution is 0.577. The molecule has 1 heterocycles. The number of H-pyrrole nitrogens is 1. The van der Waals surface area contributed by atoms with Gasteiger partial charge in [0.15, 0.2) is 0 Å². The van der Waals surface area contributed by atoms with Crippen LogP contribution in [0.15, 0.2) is 10.9 Å². The van der Waals surface area contributed by atoms with E-state index < -0.39 is 0 Å². The van der Waals surface area contributed by atoms with E-state index in [1.807, 2.05) is 0 Å². The van der Waals surface area contributed by atoms with Gasteiger partial charge in [0, 0.05) is 25.1 Å². The van der Waals surface area contributed by atoms with Gasteiger partial charge >= 0.3 is 0 Å². The third kappa shape index (κ3) is 4.57. The summed E-state index contributed by atoms with van der Waals surface area (Å²) >= 11 is 0. The van der Waals surface area contributed by atoms with Gasteiger partial charge in [-0.3, -0.25) is 4.79 Å². The normalized spacial score (nSPS) is 11.0. The van der Waals surface area contributed by atoms with Crippen LogP contribution in [0, 0.1) is 0 Å². The molecule has 90 valence electrons. The summed E-state index contributed by atoms with van der Waals surface area (Å²) < 4.78 is 0. The number of unbranched alkanes of at least 4 members (excludes halogenated alkanes) is 1. The summed E-state index contributed by atoms with van der Waals surface area (Å²) in [6, 6.07) is 1.96. The SMILES string of the molecule is CCCCc1nc(CNC(C)C)cc(=O)[nH]1. The largest absolute Gasteiger partial charge is 0.311 e. The van der Waals surface area contributed by atoms with Crippen LogP contribution in [-0.2, 0) is 13.0 Å². The van der Waals surface area contributed by atoms with Gasteiger partial charge in [0.1, 0.15) is 5.82 Å². The van der Waals surface area contributed by atoms with Gasteiger partial charge in [-0.15, -0.1) is 0 Å². The summed E-state index contributed by atoms with van der Waals surface area (Å²) in [4.78, 5) is 18.6. The summed E-state index contributed by atoms with van der Waals surface area (Å²) in [6.45, 7) is 6.93. The van der Waals surface area contributed by atoms with E-state index in [0.29, 0.717) is 12.6 Å². The van der Waals surface area contributed by atoms with Crippen molar-refractivity contribution < 1.29 is 0 Å². The summed E-state index contributed by atoms with van der Waals surface area (Å²) in [5, 5.41) is 3.26. The van der Waals surface area contributed by atoms with Crippen molar-refractivity contribution in [3.63, 3.8) is 0 Å². The van der Waals surface area contributed by atoms with Crippen molar-refractivity contribution in [1.82, 2.24) is 15.3 Å². The van der Waals surface area contributed by atoms with Crippen molar-refractivity contribution in [2.75, 3.05) is 0 Å². The Bertz CT molecular complexity index is 371. The van der Waals surface area contributed by atoms with Crippen LogP contribution >= 0.6 is 0 Å². The first-order valence-corrected chi connectivity index (χ1v) is 5.94. The lowest BCUT2D eigenvalue weighted by atomic mass is 10.2. The smallest absolute Gasteiger partial charge is 0.251 e. The molecule has 0 unspecified atom stereocenters. The highest BCUT2D eigenvalue weighted by Crippen LogP contribution is 1.98. The first-order chi connectivity index (χ1) is 7.61. The van der Waals surface area contributed by atoms with Crippen LogP contribution in [0.3, 0.4) is 0 Å². The number of hydrogen-bond donors (Lipinski definition) is 2. The predicted octanol–water partition coefficient (Wildman–Crippen LogP) is 1.61. The van der Waals surface area contributed by atoms with Crippen LogP contribution in [0.4, 0.5) is 0 Å². The number of aryl methyl sites for hydroxylation is 1. The third-order valence-electron chi connectivity index (χ3n) is 2.30. The van der Waals surface area contributed by atoms with Gasteiger partial charge in [0.2, 0.25) is 0 Å². The molecule has 0 saturated carbocycles. The van der Waals surface area contributed by atoms with E-state index in [1.54, 1.807) is 6.07 Å². The molecular formula is C12H21N3O. The van der Waals surface area contributed by atoms with Gasteiger partial charge in [-0.2, -0.15) is 0 Å². The summed E-state index contributed by atoms with van der Waals surface area (Å²) in [7, 11) is 0. The average molecular weight is 223 g/mol. The molecule has 0 spiro atoms. The highest BCUT2D eigenvalue weighted by atomic mass is 16.1. The van der Waals surface area contributed by atoms with Crippen LogP contribution in [0.2, 0.25) is 0 Å². The molecule has 0 saturated heterocycles. The fraction of sp³-hybridized carbons (Fsp3) is 0.667. The van der Waals surface area contributed by atoms with Crippen LogP contribution in [0.5, 0.6) is 0 Å². The molecule has 4 heteroatoms. The van der Waals surface area contributed by atoms with Crippen molar-refractivity contribution >= 4 is 0 Å². The summed E-state index contributed by atoms with van der Waals surface area (Å²) in [5.74, 6) is 0.801. The second-order valence-electron chi connectivity index (χ2n) is 4.32. The maximum atomic E-state index is 11.4. The molecular weight excluding hydrogens is 202 g/mol. The zero-order chi connectivity index (χ0) is 12.0. The number of aromatic nitrogens is 2. The molecule has 0 atom stereocenters. The highest BCUT2D eigenvalue weighted by Gasteiger charge is 2.01. The van der Waals surface area contributed by atoms with E-state index in [2.05, 4.69) is 36.1 Å². The fourth-order valence-electron chi connectivity index (χ4n) is 1.43. The molecule has 16 heavy (non-hydrogen) atoms. The Kier molecular flexibility index (Phi) is 5.19. The van der Waals surface area contributed by atoms with E-state index in [1.165, 1.54) is 0 Å². The molecule has 0 aliphatic rings. The number of rotatable bonds is 6. The molecule has 0 aliphatic carbocycles. The van der Waals surface area contributed by atoms with Crippen molar-refractivity contribution in [3.05, 3.63) is 27.9 Å². The maximum absolute atomic E-state index is 11.4. The number of nitrogens with one attached hydrogen (secondary N) is 2. The highest BCUT2D eigenvalue weighted by molar-refractivity contribution is 5.02. The monoisotopic (exact) mass is 223 g/mol. The summed E-state index contributed by atoms with van der Waals surface area (Å²) in [6.07, 6.45) is 3.02. The molecule has 1 rings (SSSR count). The Morgan fingerprint density at radius 1 is 1.50 bits per heavy atom. The van der Waals surface area contributed by atoms with Crippen molar-refractivity contribution in [2.24, 2.45) is 0 Å². The van der Waals surface area contributed by atoms with Gasteiger partial charge in [-0.25, -0.2) is 4.98 Å². The Morgan fingerprint density at radius 2 is 2.25 bits per heavy atom. The van der Waals surface area contributed by atoms with Crippen LogP contribution in [0.25, 0.3) is 0 Å². The fourth-order valence-corrected chi connectivity index (χ4v) is 1.43. The predicted molar refractivity (Wildman–Crippen MR) is 65.4 cm³/mol. The Labute approximate surface area is 96.5 Å². The standard InChI is InChI=1S/C12H21N3O/c1-4-5-6-11-14-10(7-12(16)15-11)8-13-9(2)3/h7,9,13H,4-6,8H2,1-3H3,(H,14,15,16). The minimum Gasteiger partial charge on any atom is -0.311 e. The molecule has 0 fully saturated rings. The van der Waals surface area contributed by atoms with Crippen LogP contribution < -0.4 is 10.9 Å². The Hall–Kier alpha value is -1.16. The molecule has 4 nitrogen and oxygen atoms in total. The minimum atomic E-state index is -0.0540. The molecule has 0 radical (unpaired) electrons. The quantitative estimate of drug-likeness (QED) is 0.770. The second kappa shape index (κ2) is 6.43. The van der Waals surface area contributed by atoms with Gasteiger partial charge in [0.05, 0.1) is 5.69 Å². The van der Waals surface area contributed by atoms with Crippen LogP contribution in [-0.4, -0.2) is 16.0 Å². The van der Waals surface area contributed by atoms with E-state index >= 15 is 0 Å². The van der Waals surface area contributed by atoms with Crippen LogP contribution in [0.1, 0.15) is 45.1 Å². The maximum Gasteiger partial charge on any atom is 0.251 e. The lowest BCUT2D eigenvalue weighted by Crippen LogP contribution is -2.24. The molecule has 0 aliphatic heterocycles. The van der Waals surface area contributed by atoms with Gasteiger partial charge < -0.3 is 10.3 Å². The van der Waals surface area contributed by atoms with E-state index in [4.69, 9.17) is 0 Å². The molecule has 0 amide bonds. The van der Waals surface area contributed by atoms with Crippen molar-refractivity contribution in [2.45, 2.75) is 52.6 Å². The average Bonchev–Trinajstić information content (AvgIpc) is 2.23. The van der Waals surface area contributed by atoms with Gasteiger partial charge in [-0.05, 0) is 6.42 Å². The number of aromatic amines is 1. The van der Waals surface area contributed by atoms with E-state index in [0.717, 1.165) is 30.8 Å². The zero-order valence-electron chi connectivity index (χ0n) is 10.3. The topological polar surface area (TPSA) is 57.8 Å². The zero-order valence-corrected chi connectivity index (χ0v) is 10.3. The lowest BCUT2D eigenvalue weighted by Gasteiger charge is -2.08. The van der Waals surface area contributed by atoms with Gasteiger partial charge in [0.25, 0.3) is 5.56 Å². The Morgan fingerprint density at radius 3 is 2.88 bits per heavy atom. The number of hydrogen-bond acceptors (Lipinski definition) is 3. The molecule has 2 N–H and O–H groups in total. The molecule has 1 aromatic heterocycles. The second-order valence-corrected chi connectivity index (χ2v) is 4.32. The van der Waals surface area contributed by atoms with Gasteiger partial charge in [-0.1, -0.05) is 27.2 Å². The minimum absolute atomic E-state index is 0.0540. The third-order valence-corrected chi connectivity index (χ3v) is 2.30. The number of nitrogens with zero attached hydrogens (tertiary/aromatic N) is 1. The van der Waals surface area contributed by atoms with Crippen molar-refractivity contribution in [1.29, 1.82) is 0 Å². The molecule has 1 aromatic rings. The van der Waals surface area contributed by atoms with E-state index in [-0.39, 0.29) is 5.56 Å². The first kappa shape index (κ1) is 12.9. The molecule has 0 aromatic carbocycles. The first-order valence-electron chi connectivity index (χ1n) is 5.94. The van der Waals surface area contributed by atoms with E-state index in [9.17, 15) is 4.79 Å². The molecule has 0 bridgehead atoms. The van der Waals surface area contributed by atoms with Crippen molar-refractivity contribution in [3.8, 4) is 0 Å². The Balaban J connectivity index is 2.69.